The van der Waals surface area contributed by atoms with Gasteiger partial charge < -0.3 is 4.74 Å². The molecule has 2 aromatic rings. The first kappa shape index (κ1) is 21.2. The summed E-state index contributed by atoms with van der Waals surface area (Å²) in [6.07, 6.45) is 8.75. The smallest absolute Gasteiger partial charge is 0.234 e. The maximum Gasteiger partial charge on any atom is 0.234 e. The molecule has 0 aliphatic heterocycles. The summed E-state index contributed by atoms with van der Waals surface area (Å²) in [5, 5.41) is 11.2. The van der Waals surface area contributed by atoms with E-state index < -0.39 is 0 Å². The molecule has 2 fully saturated rings. The number of aryl methyl sites for hydroxylation is 2. The normalized spacial score (nSPS) is 29.8. The molecule has 4 heteroatoms. The largest absolute Gasteiger partial charge is 0.489 e. The van der Waals surface area contributed by atoms with Crippen LogP contribution in [-0.4, -0.2) is 4.92 Å². The Morgan fingerprint density at radius 3 is 2.72 bits per heavy atom. The molecule has 5 rings (SSSR count). The van der Waals surface area contributed by atoms with Crippen LogP contribution in [0.2, 0.25) is 0 Å². The number of fused-ring (bicyclic) bond motifs is 5. The molecule has 4 atom stereocenters. The Hall–Kier alpha value is -2.62. The third-order valence-corrected chi connectivity index (χ3v) is 8.63. The Kier molecular flexibility index (Phi) is 5.56. The molecule has 3 unspecified atom stereocenters. The van der Waals surface area contributed by atoms with Gasteiger partial charge in [0.25, 0.3) is 0 Å². The summed E-state index contributed by atoms with van der Waals surface area (Å²) in [5.74, 6) is 2.82. The Bertz CT molecular complexity index is 1040. The molecule has 0 amide bonds. The molecule has 0 saturated heterocycles. The second-order valence-electron chi connectivity index (χ2n) is 10.1. The van der Waals surface area contributed by atoms with Crippen LogP contribution in [0, 0.1) is 27.4 Å². The van der Waals surface area contributed by atoms with Crippen LogP contribution in [-0.2, 0) is 19.4 Å². The van der Waals surface area contributed by atoms with Crippen LogP contribution >= 0.6 is 0 Å². The van der Waals surface area contributed by atoms with Gasteiger partial charge in [0, 0.05) is 5.57 Å². The van der Waals surface area contributed by atoms with Crippen molar-refractivity contribution in [2.24, 2.45) is 17.3 Å². The van der Waals surface area contributed by atoms with E-state index in [1.807, 2.05) is 6.07 Å². The van der Waals surface area contributed by atoms with Gasteiger partial charge in [0.1, 0.15) is 12.4 Å². The Morgan fingerprint density at radius 1 is 1.16 bits per heavy atom. The minimum atomic E-state index is -0.240. The molecule has 0 radical (unpaired) electrons. The number of ether oxygens (including phenoxy) is 1. The zero-order valence-electron chi connectivity index (χ0n) is 19.2. The maximum atomic E-state index is 11.2. The van der Waals surface area contributed by atoms with E-state index in [0.717, 1.165) is 49.8 Å². The number of hydrogen-bond donors (Lipinski definition) is 0. The summed E-state index contributed by atoms with van der Waals surface area (Å²) in [6.45, 7) is 5.11. The van der Waals surface area contributed by atoms with Crippen LogP contribution in [0.5, 0.6) is 5.75 Å². The third-order valence-electron chi connectivity index (χ3n) is 8.63. The Balaban J connectivity index is 1.41. The summed E-state index contributed by atoms with van der Waals surface area (Å²) in [5.41, 5.74) is 6.56. The second-order valence-corrected chi connectivity index (χ2v) is 10.1. The summed E-state index contributed by atoms with van der Waals surface area (Å²) in [6, 6.07) is 15.1. The molecule has 2 aromatic carbocycles. The topological polar surface area (TPSA) is 52.4 Å². The van der Waals surface area contributed by atoms with Crippen LogP contribution < -0.4 is 4.74 Å². The summed E-state index contributed by atoms with van der Waals surface area (Å²) < 4.78 is 6.28. The van der Waals surface area contributed by atoms with E-state index >= 15 is 0 Å². The van der Waals surface area contributed by atoms with E-state index in [0.29, 0.717) is 24.4 Å². The fourth-order valence-corrected chi connectivity index (χ4v) is 6.98. The van der Waals surface area contributed by atoms with Crippen molar-refractivity contribution in [3.63, 3.8) is 0 Å². The number of nitrogens with zero attached hydrogens (tertiary/aromatic N) is 1. The number of hydrogen-bond acceptors (Lipinski definition) is 3. The van der Waals surface area contributed by atoms with E-state index in [1.165, 1.54) is 34.9 Å². The SMILES string of the molecule is CCc1cc2c(cc1OCc1ccccc1)CCC1C2CC[C@]2(C)C(=C[N+](=O)[O-])CCC12. The lowest BCUT2D eigenvalue weighted by Gasteiger charge is -2.49. The highest BCUT2D eigenvalue weighted by Crippen LogP contribution is 2.63. The quantitative estimate of drug-likeness (QED) is 0.384. The van der Waals surface area contributed by atoms with Gasteiger partial charge in [-0.15, -0.1) is 0 Å². The van der Waals surface area contributed by atoms with Crippen LogP contribution in [0.3, 0.4) is 0 Å². The van der Waals surface area contributed by atoms with E-state index in [1.54, 1.807) is 0 Å². The van der Waals surface area contributed by atoms with Gasteiger partial charge in [0.05, 0.1) is 4.92 Å². The fraction of sp³-hybridized carbons (Fsp3) is 0.500. The van der Waals surface area contributed by atoms with E-state index in [2.05, 4.69) is 50.2 Å². The van der Waals surface area contributed by atoms with Crippen molar-refractivity contribution in [2.75, 3.05) is 0 Å². The number of allylic oxidation sites excluding steroid dienone is 1. The third kappa shape index (κ3) is 3.64. The van der Waals surface area contributed by atoms with Gasteiger partial charge in [0.15, 0.2) is 0 Å². The van der Waals surface area contributed by atoms with Crippen molar-refractivity contribution in [1.29, 1.82) is 0 Å². The summed E-state index contributed by atoms with van der Waals surface area (Å²) in [4.78, 5) is 10.9. The lowest BCUT2D eigenvalue weighted by Crippen LogP contribution is -2.40. The molecule has 2 saturated carbocycles. The average Bonchev–Trinajstić information content (AvgIpc) is 3.13. The number of rotatable bonds is 5. The fourth-order valence-electron chi connectivity index (χ4n) is 6.98. The molecular formula is C28H33NO3. The van der Waals surface area contributed by atoms with Crippen LogP contribution in [0.1, 0.15) is 74.1 Å². The monoisotopic (exact) mass is 431 g/mol. The minimum absolute atomic E-state index is 0.0120. The van der Waals surface area contributed by atoms with E-state index in [9.17, 15) is 10.1 Å². The summed E-state index contributed by atoms with van der Waals surface area (Å²) in [7, 11) is 0. The first-order valence-corrected chi connectivity index (χ1v) is 12.2. The molecule has 0 spiro atoms. The maximum absolute atomic E-state index is 11.2. The van der Waals surface area contributed by atoms with Crippen molar-refractivity contribution >= 4 is 0 Å². The summed E-state index contributed by atoms with van der Waals surface area (Å²) >= 11 is 0. The average molecular weight is 432 g/mol. The molecule has 0 aromatic heterocycles. The predicted molar refractivity (Wildman–Crippen MR) is 126 cm³/mol. The van der Waals surface area contributed by atoms with Crippen molar-refractivity contribution < 1.29 is 9.66 Å². The highest BCUT2D eigenvalue weighted by molar-refractivity contribution is 5.47. The van der Waals surface area contributed by atoms with Crippen molar-refractivity contribution in [3.05, 3.63) is 86.6 Å². The minimum Gasteiger partial charge on any atom is -0.489 e. The first-order chi connectivity index (χ1) is 15.5. The Morgan fingerprint density at radius 2 is 1.97 bits per heavy atom. The van der Waals surface area contributed by atoms with Crippen LogP contribution in [0.15, 0.2) is 54.2 Å². The molecular weight excluding hydrogens is 398 g/mol. The van der Waals surface area contributed by atoms with Gasteiger partial charge >= 0.3 is 0 Å². The van der Waals surface area contributed by atoms with Crippen molar-refractivity contribution in [1.82, 2.24) is 0 Å². The van der Waals surface area contributed by atoms with Crippen LogP contribution in [0.25, 0.3) is 0 Å². The van der Waals surface area contributed by atoms with Gasteiger partial charge in [-0.1, -0.05) is 50.2 Å². The molecule has 32 heavy (non-hydrogen) atoms. The van der Waals surface area contributed by atoms with Gasteiger partial charge in [-0.25, -0.2) is 0 Å². The molecule has 4 nitrogen and oxygen atoms in total. The lowest BCUT2D eigenvalue weighted by molar-refractivity contribution is -0.404. The van der Waals surface area contributed by atoms with Crippen molar-refractivity contribution in [2.45, 2.75) is 71.3 Å². The van der Waals surface area contributed by atoms with Gasteiger partial charge in [-0.2, -0.15) is 0 Å². The second kappa shape index (κ2) is 8.38. The molecule has 3 aliphatic rings. The zero-order valence-corrected chi connectivity index (χ0v) is 19.2. The molecule has 168 valence electrons. The lowest BCUT2D eigenvalue weighted by atomic mass is 9.55. The standard InChI is InChI=1S/C28H33NO3/c1-3-20-15-25-21(16-27(20)32-18-19-7-5-4-6-8-19)9-11-24-23(25)13-14-28(2)22(17-29(30)31)10-12-26(24)28/h4-8,15-17,23-24,26H,3,9-14,18H2,1-2H3/t23?,24?,26?,28-/m1/s1. The number of benzene rings is 2. The van der Waals surface area contributed by atoms with Crippen LogP contribution in [0.4, 0.5) is 0 Å². The molecule has 0 N–H and O–H groups in total. The van der Waals surface area contributed by atoms with Crippen molar-refractivity contribution in [3.8, 4) is 5.75 Å². The molecule has 0 heterocycles. The predicted octanol–water partition coefficient (Wildman–Crippen LogP) is 6.84. The highest BCUT2D eigenvalue weighted by Gasteiger charge is 2.53. The number of nitro groups is 1. The highest BCUT2D eigenvalue weighted by atomic mass is 16.6. The van der Waals surface area contributed by atoms with Gasteiger partial charge in [0.2, 0.25) is 6.20 Å². The zero-order chi connectivity index (χ0) is 22.3. The van der Waals surface area contributed by atoms with E-state index in [-0.39, 0.29) is 10.3 Å². The van der Waals surface area contributed by atoms with E-state index in [4.69, 9.17) is 4.74 Å². The first-order valence-electron chi connectivity index (χ1n) is 12.2. The van der Waals surface area contributed by atoms with Gasteiger partial charge in [-0.05, 0) is 96.4 Å². The Labute approximate surface area is 190 Å². The molecule has 3 aliphatic carbocycles. The molecule has 0 bridgehead atoms. The van der Waals surface area contributed by atoms with Gasteiger partial charge in [-0.3, -0.25) is 10.1 Å².